The van der Waals surface area contributed by atoms with Gasteiger partial charge in [-0.15, -0.1) is 11.8 Å². The fourth-order valence-electron chi connectivity index (χ4n) is 2.85. The van der Waals surface area contributed by atoms with Crippen molar-refractivity contribution in [1.29, 1.82) is 0 Å². The molecule has 2 aromatic heterocycles. The van der Waals surface area contributed by atoms with E-state index in [0.717, 1.165) is 23.0 Å². The summed E-state index contributed by atoms with van der Waals surface area (Å²) in [5, 5.41) is 1.03. The molecule has 1 aliphatic rings. The average molecular weight is 341 g/mol. The van der Waals surface area contributed by atoms with E-state index in [4.69, 9.17) is 0 Å². The highest BCUT2D eigenvalue weighted by Gasteiger charge is 2.21. The zero-order valence-electron chi connectivity index (χ0n) is 12.7. The van der Waals surface area contributed by atoms with Gasteiger partial charge in [-0.2, -0.15) is 11.8 Å². The maximum atomic E-state index is 12.6. The van der Waals surface area contributed by atoms with E-state index in [1.54, 1.807) is 11.8 Å². The second kappa shape index (κ2) is 6.02. The van der Waals surface area contributed by atoms with E-state index in [1.807, 2.05) is 58.9 Å². The Hall–Kier alpha value is -1.79. The first-order valence-corrected chi connectivity index (χ1v) is 9.78. The van der Waals surface area contributed by atoms with Crippen molar-refractivity contribution in [2.45, 2.75) is 17.2 Å². The molecular weight excluding hydrogens is 326 g/mol. The Morgan fingerprint density at radius 2 is 2.09 bits per heavy atom. The first-order chi connectivity index (χ1) is 11.3. The number of nitrogens with zero attached hydrogens (tertiary/aromatic N) is 3. The van der Waals surface area contributed by atoms with Crippen molar-refractivity contribution in [3.8, 4) is 0 Å². The van der Waals surface area contributed by atoms with Crippen molar-refractivity contribution in [3.63, 3.8) is 0 Å². The molecule has 3 aromatic rings. The number of hydrogen-bond acceptors (Lipinski definition) is 5. The predicted octanol–water partition coefficient (Wildman–Crippen LogP) is 3.47. The highest BCUT2D eigenvalue weighted by atomic mass is 32.2. The van der Waals surface area contributed by atoms with Crippen LogP contribution in [0.3, 0.4) is 0 Å². The van der Waals surface area contributed by atoms with Crippen molar-refractivity contribution in [1.82, 2.24) is 14.4 Å². The zero-order chi connectivity index (χ0) is 15.8. The molecule has 3 heterocycles. The van der Waals surface area contributed by atoms with Crippen LogP contribution in [0.25, 0.3) is 5.78 Å². The molecule has 1 aliphatic heterocycles. The van der Waals surface area contributed by atoms with Gasteiger partial charge in [-0.3, -0.25) is 9.20 Å². The smallest absolute Gasteiger partial charge is 0.235 e. The Morgan fingerprint density at radius 3 is 2.87 bits per heavy atom. The molecule has 0 unspecified atom stereocenters. The average Bonchev–Trinajstić information content (AvgIpc) is 3.05. The highest BCUT2D eigenvalue weighted by Crippen LogP contribution is 2.31. The van der Waals surface area contributed by atoms with Crippen LogP contribution in [0.15, 0.2) is 41.6 Å². The van der Waals surface area contributed by atoms with Crippen LogP contribution in [0.4, 0.5) is 0 Å². The Kier molecular flexibility index (Phi) is 3.87. The molecule has 4 nitrogen and oxygen atoms in total. The number of benzene rings is 1. The highest BCUT2D eigenvalue weighted by molar-refractivity contribution is 7.99. The van der Waals surface area contributed by atoms with Crippen LogP contribution in [-0.4, -0.2) is 32.2 Å². The minimum absolute atomic E-state index is 0.0549. The number of carbonyl (C=O) groups is 1. The standard InChI is InChI=1S/C17H15N3OS2/c1-22-16-12-10-23-8-7-14(12)20-9-13(18-17(20)19-16)15(21)11-5-3-2-4-6-11/h2-6,9H,7-8,10H2,1H3. The van der Waals surface area contributed by atoms with Crippen molar-refractivity contribution in [2.75, 3.05) is 12.0 Å². The Morgan fingerprint density at radius 1 is 1.26 bits per heavy atom. The van der Waals surface area contributed by atoms with Gasteiger partial charge in [-0.1, -0.05) is 30.3 Å². The molecule has 6 heteroatoms. The SMILES string of the molecule is CSc1nc2nc(C(=O)c3ccccc3)cn2c2c1CSCC2. The minimum atomic E-state index is -0.0549. The molecule has 0 atom stereocenters. The van der Waals surface area contributed by atoms with Crippen LogP contribution in [-0.2, 0) is 12.2 Å². The summed E-state index contributed by atoms with van der Waals surface area (Å²) >= 11 is 3.58. The second-order valence-electron chi connectivity index (χ2n) is 5.34. The van der Waals surface area contributed by atoms with E-state index in [2.05, 4.69) is 9.97 Å². The predicted molar refractivity (Wildman–Crippen MR) is 94.5 cm³/mol. The summed E-state index contributed by atoms with van der Waals surface area (Å²) in [6.45, 7) is 0. The molecule has 0 N–H and O–H groups in total. The lowest BCUT2D eigenvalue weighted by Gasteiger charge is -2.18. The number of thioether (sulfide) groups is 2. The molecule has 0 spiro atoms. The third kappa shape index (κ3) is 2.56. The fraction of sp³-hybridized carbons (Fsp3) is 0.235. The van der Waals surface area contributed by atoms with E-state index in [0.29, 0.717) is 17.0 Å². The molecule has 0 amide bonds. The minimum Gasteiger partial charge on any atom is -0.287 e. The van der Waals surface area contributed by atoms with E-state index < -0.39 is 0 Å². The second-order valence-corrected chi connectivity index (χ2v) is 7.24. The van der Waals surface area contributed by atoms with E-state index in [9.17, 15) is 4.79 Å². The number of aromatic nitrogens is 3. The number of fused-ring (bicyclic) bond motifs is 3. The quantitative estimate of drug-likeness (QED) is 0.415. The van der Waals surface area contributed by atoms with Crippen LogP contribution in [0, 0.1) is 0 Å². The maximum Gasteiger partial charge on any atom is 0.235 e. The first kappa shape index (κ1) is 14.8. The molecule has 0 radical (unpaired) electrons. The van der Waals surface area contributed by atoms with Gasteiger partial charge in [0, 0.05) is 28.8 Å². The van der Waals surface area contributed by atoms with E-state index in [-0.39, 0.29) is 5.78 Å². The van der Waals surface area contributed by atoms with Crippen molar-refractivity contribution in [2.24, 2.45) is 0 Å². The largest absolute Gasteiger partial charge is 0.287 e. The van der Waals surface area contributed by atoms with Gasteiger partial charge in [-0.25, -0.2) is 9.97 Å². The first-order valence-electron chi connectivity index (χ1n) is 7.40. The van der Waals surface area contributed by atoms with Crippen molar-refractivity contribution >= 4 is 35.1 Å². The van der Waals surface area contributed by atoms with E-state index in [1.165, 1.54) is 11.3 Å². The van der Waals surface area contributed by atoms with E-state index >= 15 is 0 Å². The summed E-state index contributed by atoms with van der Waals surface area (Å²) in [5.41, 5.74) is 3.66. The summed E-state index contributed by atoms with van der Waals surface area (Å²) in [4.78, 5) is 21.8. The van der Waals surface area contributed by atoms with Gasteiger partial charge < -0.3 is 0 Å². The van der Waals surface area contributed by atoms with Crippen LogP contribution in [0.1, 0.15) is 27.3 Å². The number of rotatable bonds is 3. The summed E-state index contributed by atoms with van der Waals surface area (Å²) in [5.74, 6) is 2.65. The third-order valence-corrected chi connectivity index (χ3v) is 5.69. The Balaban J connectivity index is 1.86. The fourth-order valence-corrected chi connectivity index (χ4v) is 4.54. The number of hydrogen-bond donors (Lipinski definition) is 0. The molecular formula is C17H15N3OS2. The number of aryl methyl sites for hydroxylation is 1. The Labute approximate surface area is 142 Å². The van der Waals surface area contributed by atoms with Crippen LogP contribution in [0.5, 0.6) is 0 Å². The lowest BCUT2D eigenvalue weighted by molar-refractivity contribution is 0.103. The van der Waals surface area contributed by atoms with Gasteiger partial charge in [0.1, 0.15) is 10.7 Å². The van der Waals surface area contributed by atoms with Gasteiger partial charge in [0.2, 0.25) is 11.6 Å². The van der Waals surface area contributed by atoms with Crippen molar-refractivity contribution < 1.29 is 4.79 Å². The maximum absolute atomic E-state index is 12.6. The topological polar surface area (TPSA) is 47.3 Å². The summed E-state index contributed by atoms with van der Waals surface area (Å²) in [6.07, 6.45) is 4.87. The summed E-state index contributed by atoms with van der Waals surface area (Å²) in [7, 11) is 0. The molecule has 4 rings (SSSR count). The molecule has 0 aliphatic carbocycles. The molecule has 0 bridgehead atoms. The third-order valence-electron chi connectivity index (χ3n) is 3.98. The normalized spacial score (nSPS) is 14.0. The lowest BCUT2D eigenvalue weighted by atomic mass is 10.1. The van der Waals surface area contributed by atoms with Gasteiger partial charge in [0.15, 0.2) is 0 Å². The lowest BCUT2D eigenvalue weighted by Crippen LogP contribution is -2.11. The number of ketones is 1. The molecule has 116 valence electrons. The molecule has 0 saturated heterocycles. The molecule has 0 fully saturated rings. The van der Waals surface area contributed by atoms with Gasteiger partial charge >= 0.3 is 0 Å². The Bertz CT molecular complexity index is 890. The zero-order valence-corrected chi connectivity index (χ0v) is 14.3. The van der Waals surface area contributed by atoms with Crippen molar-refractivity contribution in [3.05, 3.63) is 59.0 Å². The van der Waals surface area contributed by atoms with Gasteiger partial charge in [0.05, 0.1) is 0 Å². The molecule has 23 heavy (non-hydrogen) atoms. The van der Waals surface area contributed by atoms with Crippen LogP contribution in [0.2, 0.25) is 0 Å². The number of carbonyl (C=O) groups excluding carboxylic acids is 1. The van der Waals surface area contributed by atoms with Crippen LogP contribution < -0.4 is 0 Å². The molecule has 1 aromatic carbocycles. The summed E-state index contributed by atoms with van der Waals surface area (Å²) in [6, 6.07) is 9.28. The monoisotopic (exact) mass is 341 g/mol. The van der Waals surface area contributed by atoms with Gasteiger partial charge in [-0.05, 0) is 18.4 Å². The van der Waals surface area contributed by atoms with Gasteiger partial charge in [0.25, 0.3) is 0 Å². The molecule has 0 saturated carbocycles. The number of imidazole rings is 1. The van der Waals surface area contributed by atoms with Crippen LogP contribution >= 0.6 is 23.5 Å². The summed E-state index contributed by atoms with van der Waals surface area (Å²) < 4.78 is 2.00.